The van der Waals surface area contributed by atoms with Crippen LogP contribution in [0, 0.1) is 15.9 Å². The molecule has 8 nitrogen and oxygen atoms in total. The Balaban J connectivity index is 1.58. The number of halogens is 1. The van der Waals surface area contributed by atoms with Gasteiger partial charge in [-0.2, -0.15) is 10.2 Å². The van der Waals surface area contributed by atoms with Crippen LogP contribution in [0.3, 0.4) is 0 Å². The highest BCUT2D eigenvalue weighted by molar-refractivity contribution is 5.93. The Bertz CT molecular complexity index is 981. The normalized spacial score (nSPS) is 10.9. The maximum Gasteiger partial charge on any atom is 0.291 e. The zero-order chi connectivity index (χ0) is 19.2. The number of rotatable bonds is 6. The monoisotopic (exact) mass is 367 g/mol. The fourth-order valence-electron chi connectivity index (χ4n) is 2.25. The van der Waals surface area contributed by atoms with Gasteiger partial charge in [0.25, 0.3) is 11.6 Å². The second-order valence-electron chi connectivity index (χ2n) is 5.57. The number of nitro benzene ring substituents is 1. The van der Waals surface area contributed by atoms with E-state index >= 15 is 0 Å². The van der Waals surface area contributed by atoms with Gasteiger partial charge in [0.05, 0.1) is 17.7 Å². The van der Waals surface area contributed by atoms with E-state index in [1.165, 1.54) is 48.7 Å². The van der Waals surface area contributed by atoms with Crippen molar-refractivity contribution >= 4 is 17.8 Å². The van der Waals surface area contributed by atoms with E-state index in [0.717, 1.165) is 5.56 Å². The molecule has 0 fully saturated rings. The minimum absolute atomic E-state index is 0.0123. The summed E-state index contributed by atoms with van der Waals surface area (Å²) in [7, 11) is 0. The molecule has 136 valence electrons. The Morgan fingerprint density at radius 1 is 1.19 bits per heavy atom. The van der Waals surface area contributed by atoms with Crippen molar-refractivity contribution in [3.63, 3.8) is 0 Å². The number of hydrazone groups is 1. The van der Waals surface area contributed by atoms with Crippen LogP contribution in [0.5, 0.6) is 0 Å². The summed E-state index contributed by atoms with van der Waals surface area (Å²) in [5.74, 6) is -0.842. The number of non-ortho nitro benzene ring substituents is 1. The summed E-state index contributed by atoms with van der Waals surface area (Å²) in [5.41, 5.74) is 3.98. The molecule has 3 rings (SSSR count). The second kappa shape index (κ2) is 8.00. The Morgan fingerprint density at radius 3 is 2.56 bits per heavy atom. The van der Waals surface area contributed by atoms with Crippen molar-refractivity contribution in [3.8, 4) is 0 Å². The molecule has 27 heavy (non-hydrogen) atoms. The highest BCUT2D eigenvalue weighted by Crippen LogP contribution is 2.12. The van der Waals surface area contributed by atoms with E-state index in [4.69, 9.17) is 0 Å². The predicted octanol–water partition coefficient (Wildman–Crippen LogP) is 2.74. The average molecular weight is 367 g/mol. The Kier molecular flexibility index (Phi) is 5.31. The topological polar surface area (TPSA) is 102 Å². The molecule has 1 aromatic heterocycles. The van der Waals surface area contributed by atoms with Crippen molar-refractivity contribution in [1.29, 1.82) is 0 Å². The number of nitro groups is 1. The molecule has 0 spiro atoms. The number of nitrogens with one attached hydrogen (secondary N) is 1. The molecule has 1 N–H and O–H groups in total. The first-order valence-electron chi connectivity index (χ1n) is 7.87. The highest BCUT2D eigenvalue weighted by atomic mass is 19.1. The van der Waals surface area contributed by atoms with Crippen LogP contribution in [0.2, 0.25) is 0 Å². The molecule has 2 aromatic carbocycles. The van der Waals surface area contributed by atoms with Crippen molar-refractivity contribution in [2.45, 2.75) is 6.54 Å². The zero-order valence-corrected chi connectivity index (χ0v) is 13.9. The van der Waals surface area contributed by atoms with Crippen LogP contribution < -0.4 is 5.43 Å². The Morgan fingerprint density at radius 2 is 1.89 bits per heavy atom. The van der Waals surface area contributed by atoms with Gasteiger partial charge in [0.2, 0.25) is 0 Å². The number of amides is 1. The highest BCUT2D eigenvalue weighted by Gasteiger charge is 2.09. The van der Waals surface area contributed by atoms with Gasteiger partial charge in [0.15, 0.2) is 5.69 Å². The molecule has 0 radical (unpaired) electrons. The van der Waals surface area contributed by atoms with Crippen molar-refractivity contribution in [2.75, 3.05) is 0 Å². The van der Waals surface area contributed by atoms with E-state index in [-0.39, 0.29) is 17.2 Å². The number of carbonyl (C=O) groups excluding carboxylic acids is 1. The van der Waals surface area contributed by atoms with Crippen LogP contribution in [-0.4, -0.2) is 26.8 Å². The standard InChI is InChI=1S/C18H14FN5O3/c19-15-5-1-13(2-6-15)11-20-21-18(25)17-9-10-23(22-17)12-14-3-7-16(8-4-14)24(26)27/h1-11H,12H2,(H,21,25). The summed E-state index contributed by atoms with van der Waals surface area (Å²) in [6, 6.07) is 13.3. The van der Waals surface area contributed by atoms with Crippen molar-refractivity contribution < 1.29 is 14.1 Å². The molecule has 9 heteroatoms. The molecular formula is C18H14FN5O3. The lowest BCUT2D eigenvalue weighted by molar-refractivity contribution is -0.384. The molecule has 0 aliphatic rings. The molecule has 0 aliphatic carbocycles. The largest absolute Gasteiger partial charge is 0.291 e. The molecule has 1 heterocycles. The number of nitrogens with zero attached hydrogens (tertiary/aromatic N) is 4. The molecule has 0 unspecified atom stereocenters. The van der Waals surface area contributed by atoms with Gasteiger partial charge in [-0.15, -0.1) is 0 Å². The predicted molar refractivity (Wildman–Crippen MR) is 95.9 cm³/mol. The Labute approximate surface area is 153 Å². The average Bonchev–Trinajstić information content (AvgIpc) is 3.12. The lowest BCUT2D eigenvalue weighted by Gasteiger charge is -2.01. The van der Waals surface area contributed by atoms with Crippen molar-refractivity contribution in [3.05, 3.63) is 93.5 Å². The summed E-state index contributed by atoms with van der Waals surface area (Å²) in [5, 5.41) is 18.6. The smallest absolute Gasteiger partial charge is 0.268 e. The third-order valence-electron chi connectivity index (χ3n) is 3.61. The van der Waals surface area contributed by atoms with E-state index in [9.17, 15) is 19.3 Å². The molecule has 0 aliphatic heterocycles. The van der Waals surface area contributed by atoms with Gasteiger partial charge in [-0.3, -0.25) is 19.6 Å². The quantitative estimate of drug-likeness (QED) is 0.411. The van der Waals surface area contributed by atoms with Crippen LogP contribution in [0.4, 0.5) is 10.1 Å². The molecule has 0 saturated carbocycles. The zero-order valence-electron chi connectivity index (χ0n) is 13.9. The summed E-state index contributed by atoms with van der Waals surface area (Å²) in [6.07, 6.45) is 3.02. The van der Waals surface area contributed by atoms with Gasteiger partial charge in [0, 0.05) is 18.3 Å². The van der Waals surface area contributed by atoms with Gasteiger partial charge in [-0.05, 0) is 29.3 Å². The van der Waals surface area contributed by atoms with Crippen LogP contribution >= 0.6 is 0 Å². The summed E-state index contributed by atoms with van der Waals surface area (Å²) < 4.78 is 14.4. The van der Waals surface area contributed by atoms with Gasteiger partial charge in [0.1, 0.15) is 5.82 Å². The first kappa shape index (κ1) is 17.9. The van der Waals surface area contributed by atoms with Crippen LogP contribution in [-0.2, 0) is 6.54 Å². The van der Waals surface area contributed by atoms with Gasteiger partial charge in [-0.1, -0.05) is 24.3 Å². The molecule has 1 amide bonds. The van der Waals surface area contributed by atoms with Crippen LogP contribution in [0.25, 0.3) is 0 Å². The minimum Gasteiger partial charge on any atom is -0.268 e. The SMILES string of the molecule is O=C(NN=Cc1ccc(F)cc1)c1ccn(Cc2ccc([N+](=O)[O-])cc2)n1. The third kappa shape index (κ3) is 4.82. The maximum atomic E-state index is 12.8. The number of carbonyl (C=O) groups is 1. The lowest BCUT2D eigenvalue weighted by atomic mass is 10.2. The van der Waals surface area contributed by atoms with Crippen molar-refractivity contribution in [2.24, 2.45) is 5.10 Å². The number of hydrogen-bond donors (Lipinski definition) is 1. The minimum atomic E-state index is -0.490. The number of benzene rings is 2. The van der Waals surface area contributed by atoms with E-state index < -0.39 is 10.8 Å². The fourth-order valence-corrected chi connectivity index (χ4v) is 2.25. The lowest BCUT2D eigenvalue weighted by Crippen LogP contribution is -2.18. The first-order chi connectivity index (χ1) is 13.0. The van der Waals surface area contributed by atoms with Gasteiger partial charge < -0.3 is 0 Å². The van der Waals surface area contributed by atoms with E-state index in [1.807, 2.05) is 0 Å². The maximum absolute atomic E-state index is 12.8. The van der Waals surface area contributed by atoms with E-state index in [0.29, 0.717) is 12.1 Å². The molecular weight excluding hydrogens is 353 g/mol. The molecule has 0 bridgehead atoms. The van der Waals surface area contributed by atoms with E-state index in [1.54, 1.807) is 23.0 Å². The fraction of sp³-hybridized carbons (Fsp3) is 0.0556. The molecule has 3 aromatic rings. The van der Waals surface area contributed by atoms with Gasteiger partial charge in [-0.25, -0.2) is 9.82 Å². The first-order valence-corrected chi connectivity index (χ1v) is 7.87. The molecule has 0 saturated heterocycles. The second-order valence-corrected chi connectivity index (χ2v) is 5.57. The Hall–Kier alpha value is -3.88. The summed E-state index contributed by atoms with van der Waals surface area (Å²) >= 11 is 0. The van der Waals surface area contributed by atoms with Crippen LogP contribution in [0.15, 0.2) is 65.9 Å². The van der Waals surface area contributed by atoms with Crippen molar-refractivity contribution in [1.82, 2.24) is 15.2 Å². The summed E-state index contributed by atoms with van der Waals surface area (Å²) in [6.45, 7) is 0.365. The van der Waals surface area contributed by atoms with Gasteiger partial charge >= 0.3 is 0 Å². The summed E-state index contributed by atoms with van der Waals surface area (Å²) in [4.78, 5) is 22.2. The number of aromatic nitrogens is 2. The van der Waals surface area contributed by atoms with E-state index in [2.05, 4.69) is 15.6 Å². The van der Waals surface area contributed by atoms with Crippen LogP contribution in [0.1, 0.15) is 21.6 Å². The molecule has 0 atom stereocenters. The third-order valence-corrected chi connectivity index (χ3v) is 3.61. The number of hydrogen-bond acceptors (Lipinski definition) is 5.